The lowest BCUT2D eigenvalue weighted by Gasteiger charge is -2.30. The van der Waals surface area contributed by atoms with Gasteiger partial charge in [-0.3, -0.25) is 0 Å². The Labute approximate surface area is 151 Å². The third-order valence-electron chi connectivity index (χ3n) is 4.09. The van der Waals surface area contributed by atoms with E-state index < -0.39 is 23.4 Å². The zero-order chi connectivity index (χ0) is 18.3. The average Bonchev–Trinajstić information content (AvgIpc) is 2.91. The third-order valence-corrected chi connectivity index (χ3v) is 4.39. The molecular formula is C17H13ClF2N4O2. The number of anilines is 1. The molecule has 1 saturated heterocycles. The molecule has 134 valence electrons. The third kappa shape index (κ3) is 2.92. The number of nitrogens with zero attached hydrogens (tertiary/aromatic N) is 2. The van der Waals surface area contributed by atoms with Crippen LogP contribution in [0.1, 0.15) is 6.42 Å². The molecule has 3 heterocycles. The van der Waals surface area contributed by atoms with Gasteiger partial charge in [-0.15, -0.1) is 0 Å². The molecule has 0 atom stereocenters. The number of fused-ring (bicyclic) bond motifs is 1. The molecule has 1 aliphatic heterocycles. The Kier molecular flexibility index (Phi) is 4.12. The topological polar surface area (TPSA) is 70.2 Å². The Morgan fingerprint density at radius 2 is 2.04 bits per heavy atom. The number of urea groups is 1. The number of carbonyl (C=O) groups excluding carboxylic acids is 1. The smallest absolute Gasteiger partial charge is 0.321 e. The number of ether oxygens (including phenoxy) is 1. The molecule has 9 heteroatoms. The molecule has 1 aromatic carbocycles. The van der Waals surface area contributed by atoms with Crippen LogP contribution in [0.5, 0.6) is 11.5 Å². The van der Waals surface area contributed by atoms with Crippen molar-refractivity contribution in [3.05, 3.63) is 47.2 Å². The van der Waals surface area contributed by atoms with E-state index in [0.717, 1.165) is 18.6 Å². The summed E-state index contributed by atoms with van der Waals surface area (Å²) in [5, 5.41) is 3.21. The summed E-state index contributed by atoms with van der Waals surface area (Å²) in [5.74, 6) is -2.31. The van der Waals surface area contributed by atoms with Crippen molar-refractivity contribution in [2.24, 2.45) is 0 Å². The van der Waals surface area contributed by atoms with E-state index in [2.05, 4.69) is 15.3 Å². The SMILES string of the molecule is O=C(Nc1cc(F)c(Oc2ccnc3[nH]cc(Cl)c23)c(F)c1)N1CCC1. The first-order valence-corrected chi connectivity index (χ1v) is 8.25. The van der Waals surface area contributed by atoms with E-state index >= 15 is 0 Å². The lowest BCUT2D eigenvalue weighted by Crippen LogP contribution is -2.44. The predicted molar refractivity (Wildman–Crippen MR) is 92.7 cm³/mol. The van der Waals surface area contributed by atoms with Gasteiger partial charge in [0.1, 0.15) is 11.4 Å². The molecule has 0 saturated carbocycles. The number of amides is 2. The summed E-state index contributed by atoms with van der Waals surface area (Å²) in [6.07, 6.45) is 3.86. The van der Waals surface area contributed by atoms with Gasteiger partial charge < -0.3 is 19.9 Å². The molecule has 2 N–H and O–H groups in total. The van der Waals surface area contributed by atoms with Gasteiger partial charge in [0.25, 0.3) is 0 Å². The van der Waals surface area contributed by atoms with E-state index in [1.807, 2.05) is 0 Å². The van der Waals surface area contributed by atoms with Gasteiger partial charge in [0.15, 0.2) is 17.4 Å². The Morgan fingerprint density at radius 3 is 2.69 bits per heavy atom. The summed E-state index contributed by atoms with van der Waals surface area (Å²) in [6, 6.07) is 3.08. The molecule has 1 aliphatic rings. The second-order valence-corrected chi connectivity index (χ2v) is 6.22. The quantitative estimate of drug-likeness (QED) is 0.703. The zero-order valence-corrected chi connectivity index (χ0v) is 14.1. The molecule has 0 unspecified atom stereocenters. The highest BCUT2D eigenvalue weighted by molar-refractivity contribution is 6.36. The molecule has 2 aromatic heterocycles. The molecule has 0 spiro atoms. The fraction of sp³-hybridized carbons (Fsp3) is 0.176. The maximum Gasteiger partial charge on any atom is 0.321 e. The van der Waals surface area contributed by atoms with Gasteiger partial charge in [-0.25, -0.2) is 18.6 Å². The van der Waals surface area contributed by atoms with Gasteiger partial charge in [0.2, 0.25) is 0 Å². The number of rotatable bonds is 3. The predicted octanol–water partition coefficient (Wildman–Crippen LogP) is 4.52. The second kappa shape index (κ2) is 6.45. The maximum absolute atomic E-state index is 14.4. The van der Waals surface area contributed by atoms with E-state index in [1.165, 1.54) is 18.5 Å². The summed E-state index contributed by atoms with van der Waals surface area (Å²) >= 11 is 6.06. The molecule has 2 amide bonds. The number of nitrogens with one attached hydrogen (secondary N) is 2. The van der Waals surface area contributed by atoms with Crippen LogP contribution < -0.4 is 10.1 Å². The number of hydrogen-bond donors (Lipinski definition) is 2. The highest BCUT2D eigenvalue weighted by atomic mass is 35.5. The summed E-state index contributed by atoms with van der Waals surface area (Å²) < 4.78 is 34.2. The van der Waals surface area contributed by atoms with Crippen LogP contribution in [0, 0.1) is 11.6 Å². The summed E-state index contributed by atoms with van der Waals surface area (Å²) in [6.45, 7) is 1.26. The number of pyridine rings is 1. The number of benzene rings is 1. The molecule has 26 heavy (non-hydrogen) atoms. The maximum atomic E-state index is 14.4. The number of hydrogen-bond acceptors (Lipinski definition) is 3. The van der Waals surface area contributed by atoms with Crippen molar-refractivity contribution >= 4 is 34.4 Å². The molecule has 0 radical (unpaired) electrons. The average molecular weight is 379 g/mol. The molecule has 0 aliphatic carbocycles. The Morgan fingerprint density at radius 1 is 1.31 bits per heavy atom. The van der Waals surface area contributed by atoms with Crippen molar-refractivity contribution < 1.29 is 18.3 Å². The minimum Gasteiger partial charge on any atom is -0.450 e. The number of H-pyrrole nitrogens is 1. The summed E-state index contributed by atoms with van der Waals surface area (Å²) in [5.41, 5.74) is 0.454. The first-order valence-electron chi connectivity index (χ1n) is 7.87. The lowest BCUT2D eigenvalue weighted by atomic mass is 10.2. The van der Waals surface area contributed by atoms with Crippen LogP contribution in [0.3, 0.4) is 0 Å². The van der Waals surface area contributed by atoms with Crippen LogP contribution in [0.15, 0.2) is 30.6 Å². The van der Waals surface area contributed by atoms with Crippen molar-refractivity contribution in [2.45, 2.75) is 6.42 Å². The minimum absolute atomic E-state index is 0.0174. The number of likely N-dealkylation sites (tertiary alicyclic amines) is 1. The van der Waals surface area contributed by atoms with Gasteiger partial charge >= 0.3 is 6.03 Å². The Bertz CT molecular complexity index is 981. The van der Waals surface area contributed by atoms with Crippen molar-refractivity contribution in [2.75, 3.05) is 18.4 Å². The van der Waals surface area contributed by atoms with Crippen LogP contribution >= 0.6 is 11.6 Å². The summed E-state index contributed by atoms with van der Waals surface area (Å²) in [4.78, 5) is 20.3. The number of aromatic nitrogens is 2. The highest BCUT2D eigenvalue weighted by Crippen LogP contribution is 2.36. The number of aromatic amines is 1. The van der Waals surface area contributed by atoms with Crippen molar-refractivity contribution in [3.8, 4) is 11.5 Å². The Balaban J connectivity index is 1.62. The van der Waals surface area contributed by atoms with E-state index in [-0.39, 0.29) is 11.4 Å². The van der Waals surface area contributed by atoms with Gasteiger partial charge in [0.05, 0.1) is 10.4 Å². The van der Waals surface area contributed by atoms with Gasteiger partial charge in [0, 0.05) is 43.3 Å². The monoisotopic (exact) mass is 378 g/mol. The highest BCUT2D eigenvalue weighted by Gasteiger charge is 2.22. The van der Waals surface area contributed by atoms with Crippen LogP contribution in [0.2, 0.25) is 5.02 Å². The Hall–Kier alpha value is -2.87. The van der Waals surface area contributed by atoms with Gasteiger partial charge in [-0.2, -0.15) is 0 Å². The van der Waals surface area contributed by atoms with Crippen molar-refractivity contribution in [1.29, 1.82) is 0 Å². The number of halogens is 3. The standard InChI is InChI=1S/C17H13ClF2N4O2/c18-10-8-22-16-14(10)13(2-3-21-16)26-15-11(19)6-9(7-12(15)20)23-17(25)24-4-1-5-24/h2-3,6-8H,1,4-5H2,(H,21,22)(H,23,25). The molecule has 3 aromatic rings. The van der Waals surface area contributed by atoms with Crippen molar-refractivity contribution in [1.82, 2.24) is 14.9 Å². The molecule has 6 nitrogen and oxygen atoms in total. The molecule has 1 fully saturated rings. The zero-order valence-electron chi connectivity index (χ0n) is 13.4. The first-order chi connectivity index (χ1) is 12.5. The summed E-state index contributed by atoms with van der Waals surface area (Å²) in [7, 11) is 0. The van der Waals surface area contributed by atoms with Crippen LogP contribution in [0.4, 0.5) is 19.3 Å². The van der Waals surface area contributed by atoms with E-state index in [1.54, 1.807) is 4.90 Å². The number of carbonyl (C=O) groups is 1. The normalized spacial score (nSPS) is 13.6. The largest absolute Gasteiger partial charge is 0.450 e. The fourth-order valence-corrected chi connectivity index (χ4v) is 2.87. The minimum atomic E-state index is -0.944. The second-order valence-electron chi connectivity index (χ2n) is 5.81. The lowest BCUT2D eigenvalue weighted by molar-refractivity contribution is 0.181. The van der Waals surface area contributed by atoms with E-state index in [4.69, 9.17) is 16.3 Å². The van der Waals surface area contributed by atoms with E-state index in [9.17, 15) is 13.6 Å². The fourth-order valence-electron chi connectivity index (χ4n) is 2.63. The van der Waals surface area contributed by atoms with Gasteiger partial charge in [-0.1, -0.05) is 11.6 Å². The van der Waals surface area contributed by atoms with Crippen LogP contribution in [-0.4, -0.2) is 34.0 Å². The molecule has 0 bridgehead atoms. The van der Waals surface area contributed by atoms with E-state index in [0.29, 0.717) is 29.1 Å². The van der Waals surface area contributed by atoms with Crippen LogP contribution in [-0.2, 0) is 0 Å². The first kappa shape index (κ1) is 16.6. The molecule has 4 rings (SSSR count). The van der Waals surface area contributed by atoms with Gasteiger partial charge in [-0.05, 0) is 12.5 Å². The van der Waals surface area contributed by atoms with Crippen LogP contribution in [0.25, 0.3) is 11.0 Å². The molecular weight excluding hydrogens is 366 g/mol. The van der Waals surface area contributed by atoms with Crippen molar-refractivity contribution in [3.63, 3.8) is 0 Å².